The molecule has 1 heterocycles. The van der Waals surface area contributed by atoms with Crippen LogP contribution in [0.5, 0.6) is 0 Å². The quantitative estimate of drug-likeness (QED) is 0.767. The molecule has 2 nitrogen and oxygen atoms in total. The summed E-state index contributed by atoms with van der Waals surface area (Å²) < 4.78 is 5.50. The van der Waals surface area contributed by atoms with Crippen LogP contribution in [-0.2, 0) is 0 Å². The molecule has 0 bridgehead atoms. The topological polar surface area (TPSA) is 25.2 Å². The molecule has 0 fully saturated rings. The SMILES string of the molecule is C=C(C)C[C@@H](Nc1ccccc1C)c1ccco1. The van der Waals surface area contributed by atoms with Gasteiger partial charge in [0.05, 0.1) is 12.3 Å². The lowest BCUT2D eigenvalue weighted by molar-refractivity contribution is 0.477. The second kappa shape index (κ2) is 5.58. The van der Waals surface area contributed by atoms with E-state index in [1.807, 2.05) is 31.2 Å². The van der Waals surface area contributed by atoms with E-state index in [0.29, 0.717) is 0 Å². The molecule has 0 saturated heterocycles. The summed E-state index contributed by atoms with van der Waals surface area (Å²) in [6.45, 7) is 8.12. The largest absolute Gasteiger partial charge is 0.467 e. The summed E-state index contributed by atoms with van der Waals surface area (Å²) in [6, 6.07) is 12.3. The Bertz CT molecular complexity index is 514. The summed E-state index contributed by atoms with van der Waals surface area (Å²) in [5, 5.41) is 3.53. The van der Waals surface area contributed by atoms with Crippen LogP contribution in [0.1, 0.15) is 30.7 Å². The fourth-order valence-electron chi connectivity index (χ4n) is 1.98. The number of furan rings is 1. The summed E-state index contributed by atoms with van der Waals surface area (Å²) in [5.41, 5.74) is 3.51. The van der Waals surface area contributed by atoms with Crippen molar-refractivity contribution in [3.05, 3.63) is 66.1 Å². The van der Waals surface area contributed by atoms with Gasteiger partial charge in [-0.15, -0.1) is 6.58 Å². The van der Waals surface area contributed by atoms with Crippen molar-refractivity contribution in [2.24, 2.45) is 0 Å². The molecule has 0 amide bonds. The molecule has 1 atom stereocenters. The van der Waals surface area contributed by atoms with E-state index in [9.17, 15) is 0 Å². The Morgan fingerprint density at radius 3 is 2.67 bits per heavy atom. The van der Waals surface area contributed by atoms with Gasteiger partial charge in [0.25, 0.3) is 0 Å². The lowest BCUT2D eigenvalue weighted by Gasteiger charge is -2.19. The third kappa shape index (κ3) is 3.04. The van der Waals surface area contributed by atoms with Crippen molar-refractivity contribution < 1.29 is 4.42 Å². The molecule has 2 heteroatoms. The molecule has 94 valence electrons. The summed E-state index contributed by atoms with van der Waals surface area (Å²) in [5.74, 6) is 0.946. The van der Waals surface area contributed by atoms with Crippen LogP contribution in [0.2, 0.25) is 0 Å². The van der Waals surface area contributed by atoms with Gasteiger partial charge in [0.2, 0.25) is 0 Å². The minimum Gasteiger partial charge on any atom is -0.467 e. The molecular formula is C16H19NO. The Labute approximate surface area is 108 Å². The summed E-state index contributed by atoms with van der Waals surface area (Å²) in [4.78, 5) is 0. The van der Waals surface area contributed by atoms with Gasteiger partial charge >= 0.3 is 0 Å². The number of nitrogens with one attached hydrogen (secondary N) is 1. The second-order valence-electron chi connectivity index (χ2n) is 4.69. The van der Waals surface area contributed by atoms with Crippen molar-refractivity contribution in [2.45, 2.75) is 26.3 Å². The van der Waals surface area contributed by atoms with Crippen molar-refractivity contribution in [3.8, 4) is 0 Å². The van der Waals surface area contributed by atoms with E-state index in [1.54, 1.807) is 6.26 Å². The average Bonchev–Trinajstić information content (AvgIpc) is 2.84. The molecule has 2 aromatic rings. The Hall–Kier alpha value is -1.96. The molecule has 0 aliphatic heterocycles. The van der Waals surface area contributed by atoms with Crippen LogP contribution in [0.25, 0.3) is 0 Å². The summed E-state index contributed by atoms with van der Waals surface area (Å²) in [7, 11) is 0. The first-order chi connectivity index (χ1) is 8.66. The maximum absolute atomic E-state index is 5.50. The molecule has 0 unspecified atom stereocenters. The molecular weight excluding hydrogens is 222 g/mol. The molecule has 1 N–H and O–H groups in total. The highest BCUT2D eigenvalue weighted by Crippen LogP contribution is 2.27. The minimum absolute atomic E-state index is 0.138. The van der Waals surface area contributed by atoms with E-state index < -0.39 is 0 Å². The van der Waals surface area contributed by atoms with Gasteiger partial charge in [-0.05, 0) is 44.0 Å². The van der Waals surface area contributed by atoms with Gasteiger partial charge in [-0.1, -0.05) is 23.8 Å². The summed E-state index contributed by atoms with van der Waals surface area (Å²) >= 11 is 0. The van der Waals surface area contributed by atoms with Crippen molar-refractivity contribution >= 4 is 5.69 Å². The van der Waals surface area contributed by atoms with E-state index in [4.69, 9.17) is 4.42 Å². The Morgan fingerprint density at radius 1 is 1.28 bits per heavy atom. The number of hydrogen-bond donors (Lipinski definition) is 1. The Kier molecular flexibility index (Phi) is 3.88. The monoisotopic (exact) mass is 241 g/mol. The van der Waals surface area contributed by atoms with Gasteiger partial charge in [0.1, 0.15) is 5.76 Å². The van der Waals surface area contributed by atoms with Gasteiger partial charge < -0.3 is 9.73 Å². The lowest BCUT2D eigenvalue weighted by Crippen LogP contribution is -2.11. The molecule has 0 aliphatic carbocycles. The highest BCUT2D eigenvalue weighted by Gasteiger charge is 2.14. The lowest BCUT2D eigenvalue weighted by atomic mass is 10.1. The minimum atomic E-state index is 0.138. The van der Waals surface area contributed by atoms with Gasteiger partial charge in [0.15, 0.2) is 0 Å². The van der Waals surface area contributed by atoms with Gasteiger partial charge in [-0.25, -0.2) is 0 Å². The third-order valence-electron chi connectivity index (χ3n) is 2.91. The van der Waals surface area contributed by atoms with Crippen LogP contribution in [0.15, 0.2) is 59.2 Å². The average molecular weight is 241 g/mol. The molecule has 2 rings (SSSR count). The maximum Gasteiger partial charge on any atom is 0.126 e. The third-order valence-corrected chi connectivity index (χ3v) is 2.91. The van der Waals surface area contributed by atoms with E-state index >= 15 is 0 Å². The van der Waals surface area contributed by atoms with Crippen molar-refractivity contribution in [3.63, 3.8) is 0 Å². The van der Waals surface area contributed by atoms with Crippen LogP contribution in [-0.4, -0.2) is 0 Å². The van der Waals surface area contributed by atoms with Gasteiger partial charge in [0, 0.05) is 5.69 Å². The predicted molar refractivity (Wildman–Crippen MR) is 75.7 cm³/mol. The first-order valence-corrected chi connectivity index (χ1v) is 6.17. The fourth-order valence-corrected chi connectivity index (χ4v) is 1.98. The van der Waals surface area contributed by atoms with Crippen molar-refractivity contribution in [2.75, 3.05) is 5.32 Å². The van der Waals surface area contributed by atoms with Crippen LogP contribution in [0.3, 0.4) is 0 Å². The summed E-state index contributed by atoms with van der Waals surface area (Å²) in [6.07, 6.45) is 2.57. The molecule has 1 aromatic heterocycles. The first-order valence-electron chi connectivity index (χ1n) is 6.17. The van der Waals surface area contributed by atoms with Crippen LogP contribution in [0, 0.1) is 6.92 Å². The number of hydrogen-bond acceptors (Lipinski definition) is 2. The number of anilines is 1. The predicted octanol–water partition coefficient (Wildman–Crippen LogP) is 4.71. The normalized spacial score (nSPS) is 12.1. The van der Waals surface area contributed by atoms with Gasteiger partial charge in [-0.3, -0.25) is 0 Å². The molecule has 0 spiro atoms. The smallest absolute Gasteiger partial charge is 0.126 e. The molecule has 18 heavy (non-hydrogen) atoms. The van der Waals surface area contributed by atoms with Crippen LogP contribution < -0.4 is 5.32 Å². The standard InChI is InChI=1S/C16H19NO/c1-12(2)11-15(16-9-6-10-18-16)17-14-8-5-4-7-13(14)3/h4-10,15,17H,1,11H2,2-3H3/t15-/m1/s1. The van der Waals surface area contributed by atoms with Crippen LogP contribution >= 0.6 is 0 Å². The molecule has 1 aromatic carbocycles. The highest BCUT2D eigenvalue weighted by molar-refractivity contribution is 5.51. The Morgan fingerprint density at radius 2 is 2.06 bits per heavy atom. The van der Waals surface area contributed by atoms with Crippen LogP contribution in [0.4, 0.5) is 5.69 Å². The van der Waals surface area contributed by atoms with E-state index in [1.165, 1.54) is 5.56 Å². The Balaban J connectivity index is 2.20. The number of para-hydroxylation sites is 1. The second-order valence-corrected chi connectivity index (χ2v) is 4.69. The zero-order valence-electron chi connectivity index (χ0n) is 10.9. The number of benzene rings is 1. The van der Waals surface area contributed by atoms with E-state index in [-0.39, 0.29) is 6.04 Å². The van der Waals surface area contributed by atoms with E-state index in [2.05, 4.69) is 31.0 Å². The molecule has 0 radical (unpaired) electrons. The number of aryl methyl sites for hydroxylation is 1. The highest BCUT2D eigenvalue weighted by atomic mass is 16.3. The first kappa shape index (κ1) is 12.5. The molecule has 0 saturated carbocycles. The van der Waals surface area contributed by atoms with Crippen molar-refractivity contribution in [1.29, 1.82) is 0 Å². The van der Waals surface area contributed by atoms with Crippen molar-refractivity contribution in [1.82, 2.24) is 0 Å². The van der Waals surface area contributed by atoms with E-state index in [0.717, 1.165) is 23.4 Å². The zero-order valence-corrected chi connectivity index (χ0v) is 10.9. The molecule has 0 aliphatic rings. The fraction of sp³-hybridized carbons (Fsp3) is 0.250. The maximum atomic E-state index is 5.50. The zero-order chi connectivity index (χ0) is 13.0. The number of rotatable bonds is 5. The van der Waals surface area contributed by atoms with Gasteiger partial charge in [-0.2, -0.15) is 0 Å².